The van der Waals surface area contributed by atoms with Gasteiger partial charge in [-0.1, -0.05) is 217 Å². The molecule has 1 aliphatic heterocycles. The fraction of sp³-hybridized carbons (Fsp3) is 0.863. The van der Waals surface area contributed by atoms with Gasteiger partial charge in [-0.2, -0.15) is 0 Å². The lowest BCUT2D eigenvalue weighted by molar-refractivity contribution is -0.302. The third kappa shape index (κ3) is 30.2. The minimum Gasteiger partial charge on any atom is -0.394 e. The number of allylic oxidation sites excluding steroid dienone is 5. The summed E-state index contributed by atoms with van der Waals surface area (Å²) < 4.78 is 11.1. The van der Waals surface area contributed by atoms with Crippen LogP contribution >= 0.6 is 0 Å². The standard InChI is InChI=1S/C51H95NO9/c1-4-6-8-10-12-13-14-15-16-17-18-19-20-21-22-23-24-25-26-28-30-34-39-45(55)50(59)52-43(41-60-51-49(58)48(57)47(56)46(40-53)61-51)44(54)38-35-31-33-37-42(3)36-32-29-27-11-9-7-5-2/h32,35-38,43-49,51,53-58H,4-31,33-34,39-41H2,1-3H3,(H,52,59). The predicted octanol–water partition coefficient (Wildman–Crippen LogP) is 10.2. The molecular formula is C51H95NO9. The van der Waals surface area contributed by atoms with Gasteiger partial charge >= 0.3 is 0 Å². The highest BCUT2D eigenvalue weighted by atomic mass is 16.7. The lowest BCUT2D eigenvalue weighted by Crippen LogP contribution is -2.60. The molecule has 0 aromatic rings. The highest BCUT2D eigenvalue weighted by Gasteiger charge is 2.44. The van der Waals surface area contributed by atoms with Crippen LogP contribution in [0.4, 0.5) is 0 Å². The Balaban J connectivity index is 2.38. The first-order chi connectivity index (χ1) is 29.7. The van der Waals surface area contributed by atoms with E-state index in [0.29, 0.717) is 19.3 Å². The average molecular weight is 866 g/mol. The van der Waals surface area contributed by atoms with Crippen LogP contribution in [0.2, 0.25) is 0 Å². The van der Waals surface area contributed by atoms with Gasteiger partial charge in [-0.3, -0.25) is 4.79 Å². The largest absolute Gasteiger partial charge is 0.394 e. The van der Waals surface area contributed by atoms with Crippen molar-refractivity contribution < 1.29 is 44.9 Å². The number of rotatable bonds is 41. The summed E-state index contributed by atoms with van der Waals surface area (Å²) in [5, 5.41) is 64.8. The molecule has 1 saturated heterocycles. The third-order valence-corrected chi connectivity index (χ3v) is 12.2. The minimum absolute atomic E-state index is 0.302. The maximum atomic E-state index is 13.1. The molecule has 0 saturated carbocycles. The van der Waals surface area contributed by atoms with E-state index in [0.717, 1.165) is 32.1 Å². The Kier molecular flexibility index (Phi) is 37.6. The highest BCUT2D eigenvalue weighted by Crippen LogP contribution is 2.23. The minimum atomic E-state index is -1.62. The van der Waals surface area contributed by atoms with Gasteiger partial charge in [0.05, 0.1) is 25.4 Å². The Morgan fingerprint density at radius 2 is 1.10 bits per heavy atom. The van der Waals surface area contributed by atoms with E-state index in [2.05, 4.69) is 44.3 Å². The van der Waals surface area contributed by atoms with Gasteiger partial charge in [0.2, 0.25) is 5.91 Å². The van der Waals surface area contributed by atoms with Crippen molar-refractivity contribution in [3.63, 3.8) is 0 Å². The topological polar surface area (TPSA) is 169 Å². The molecule has 10 nitrogen and oxygen atoms in total. The summed E-state index contributed by atoms with van der Waals surface area (Å²) in [7, 11) is 0. The van der Waals surface area contributed by atoms with Crippen LogP contribution in [-0.2, 0) is 14.3 Å². The summed E-state index contributed by atoms with van der Waals surface area (Å²) in [6, 6.07) is -1.01. The van der Waals surface area contributed by atoms with Crippen LogP contribution in [0.15, 0.2) is 36.0 Å². The second-order valence-corrected chi connectivity index (χ2v) is 17.9. The van der Waals surface area contributed by atoms with Crippen molar-refractivity contribution in [2.75, 3.05) is 13.2 Å². The molecular weight excluding hydrogens is 771 g/mol. The normalized spacial score (nSPS) is 21.4. The van der Waals surface area contributed by atoms with Crippen LogP contribution in [0, 0.1) is 0 Å². The molecule has 1 rings (SSSR count). The SMILES string of the molecule is CCCCCCCC=CC(C)=CCCC=CC(O)C(COC1OC(CO)C(O)C(O)C1O)NC(=O)C(O)CCCCCCCCCCCCCCCCCCCCCCCC. The molecule has 1 aliphatic rings. The Labute approximate surface area is 373 Å². The van der Waals surface area contributed by atoms with E-state index in [4.69, 9.17) is 9.47 Å². The zero-order chi connectivity index (χ0) is 44.8. The van der Waals surface area contributed by atoms with E-state index in [-0.39, 0.29) is 6.61 Å². The number of hydrogen-bond acceptors (Lipinski definition) is 9. The van der Waals surface area contributed by atoms with Gasteiger partial charge in [0.25, 0.3) is 0 Å². The van der Waals surface area contributed by atoms with Crippen molar-refractivity contribution in [3.8, 4) is 0 Å². The zero-order valence-corrected chi connectivity index (χ0v) is 39.2. The summed E-state index contributed by atoms with van der Waals surface area (Å²) >= 11 is 0. The van der Waals surface area contributed by atoms with Gasteiger partial charge in [-0.25, -0.2) is 0 Å². The van der Waals surface area contributed by atoms with Crippen molar-refractivity contribution in [2.24, 2.45) is 0 Å². The lowest BCUT2D eigenvalue weighted by Gasteiger charge is -2.40. The number of aliphatic hydroxyl groups is 6. The molecule has 0 aliphatic carbocycles. The molecule has 10 heteroatoms. The third-order valence-electron chi connectivity index (χ3n) is 12.2. The molecule has 1 heterocycles. The first-order valence-electron chi connectivity index (χ1n) is 25.2. The average Bonchev–Trinajstić information content (AvgIpc) is 3.25. The van der Waals surface area contributed by atoms with E-state index >= 15 is 0 Å². The Morgan fingerprint density at radius 1 is 0.623 bits per heavy atom. The van der Waals surface area contributed by atoms with Crippen molar-refractivity contribution in [3.05, 3.63) is 36.0 Å². The molecule has 7 N–H and O–H groups in total. The van der Waals surface area contributed by atoms with Crippen molar-refractivity contribution in [2.45, 2.75) is 269 Å². The summed E-state index contributed by atoms with van der Waals surface area (Å²) in [5.41, 5.74) is 1.18. The summed E-state index contributed by atoms with van der Waals surface area (Å²) in [6.07, 6.45) is 37.8. The number of nitrogens with one attached hydrogen (secondary N) is 1. The Hall–Kier alpha value is -1.63. The predicted molar refractivity (Wildman–Crippen MR) is 250 cm³/mol. The maximum Gasteiger partial charge on any atom is 0.249 e. The molecule has 0 aromatic heterocycles. The van der Waals surface area contributed by atoms with Crippen LogP contribution in [-0.4, -0.2) is 98.7 Å². The Morgan fingerprint density at radius 3 is 1.59 bits per heavy atom. The molecule has 1 fully saturated rings. The fourth-order valence-corrected chi connectivity index (χ4v) is 7.97. The van der Waals surface area contributed by atoms with Crippen LogP contribution in [0.1, 0.15) is 220 Å². The van der Waals surface area contributed by atoms with Crippen LogP contribution in [0.3, 0.4) is 0 Å². The van der Waals surface area contributed by atoms with Crippen molar-refractivity contribution in [1.29, 1.82) is 0 Å². The van der Waals surface area contributed by atoms with E-state index in [9.17, 15) is 35.4 Å². The number of carbonyl (C=O) groups is 1. The van der Waals surface area contributed by atoms with Gasteiger partial charge in [-0.05, 0) is 39.0 Å². The van der Waals surface area contributed by atoms with Gasteiger partial charge in [0, 0.05) is 0 Å². The van der Waals surface area contributed by atoms with Gasteiger partial charge < -0.3 is 45.4 Å². The first-order valence-corrected chi connectivity index (χ1v) is 25.2. The Bertz CT molecular complexity index is 1100. The number of ether oxygens (including phenoxy) is 2. The smallest absolute Gasteiger partial charge is 0.249 e. The number of carbonyl (C=O) groups excluding carboxylic acids is 1. The molecule has 0 bridgehead atoms. The maximum absolute atomic E-state index is 13.1. The number of hydrogen-bond donors (Lipinski definition) is 7. The van der Waals surface area contributed by atoms with Crippen LogP contribution in [0.5, 0.6) is 0 Å². The zero-order valence-electron chi connectivity index (χ0n) is 39.2. The van der Waals surface area contributed by atoms with Crippen molar-refractivity contribution >= 4 is 5.91 Å². The number of aliphatic hydroxyl groups excluding tert-OH is 6. The molecule has 8 unspecified atom stereocenters. The quantitative estimate of drug-likeness (QED) is 0.0180. The van der Waals surface area contributed by atoms with Gasteiger partial charge in [-0.15, -0.1) is 0 Å². The molecule has 0 spiro atoms. The summed E-state index contributed by atoms with van der Waals surface area (Å²) in [5.74, 6) is -0.631. The lowest BCUT2D eigenvalue weighted by atomic mass is 9.99. The first kappa shape index (κ1) is 57.4. The van der Waals surface area contributed by atoms with Crippen LogP contribution in [0.25, 0.3) is 0 Å². The molecule has 8 atom stereocenters. The molecule has 358 valence electrons. The fourth-order valence-electron chi connectivity index (χ4n) is 7.97. The molecule has 61 heavy (non-hydrogen) atoms. The van der Waals surface area contributed by atoms with Crippen molar-refractivity contribution in [1.82, 2.24) is 5.32 Å². The van der Waals surface area contributed by atoms with Crippen LogP contribution < -0.4 is 5.32 Å². The second kappa shape index (κ2) is 39.9. The number of amides is 1. The highest BCUT2D eigenvalue weighted by molar-refractivity contribution is 5.80. The molecule has 0 radical (unpaired) electrons. The number of unbranched alkanes of at least 4 members (excludes halogenated alkanes) is 27. The van der Waals surface area contributed by atoms with E-state index < -0.39 is 61.5 Å². The van der Waals surface area contributed by atoms with E-state index in [1.54, 1.807) is 6.08 Å². The van der Waals surface area contributed by atoms with E-state index in [1.165, 1.54) is 153 Å². The monoisotopic (exact) mass is 866 g/mol. The van der Waals surface area contributed by atoms with E-state index in [1.807, 2.05) is 6.08 Å². The summed E-state index contributed by atoms with van der Waals surface area (Å²) in [4.78, 5) is 13.1. The van der Waals surface area contributed by atoms with Gasteiger partial charge in [0.1, 0.15) is 30.5 Å². The molecule has 0 aromatic carbocycles. The molecule has 1 amide bonds. The van der Waals surface area contributed by atoms with Gasteiger partial charge in [0.15, 0.2) is 6.29 Å². The second-order valence-electron chi connectivity index (χ2n) is 17.9. The summed E-state index contributed by atoms with van der Waals surface area (Å²) in [6.45, 7) is 5.64.